The number of rotatable bonds is 4. The van der Waals surface area contributed by atoms with E-state index < -0.39 is 6.10 Å². The SMILES string of the molecule is CCC(Oc1cccc(C)c1C)C(=O)N1CCCc2ccccc21. The number of anilines is 1. The molecule has 0 aromatic heterocycles. The van der Waals surface area contributed by atoms with Crippen LogP contribution in [0.2, 0.25) is 0 Å². The van der Waals surface area contributed by atoms with Crippen LogP contribution >= 0.6 is 0 Å². The summed E-state index contributed by atoms with van der Waals surface area (Å²) >= 11 is 0. The quantitative estimate of drug-likeness (QED) is 0.832. The van der Waals surface area contributed by atoms with Gasteiger partial charge in [-0.2, -0.15) is 0 Å². The Morgan fingerprint density at radius 1 is 1.17 bits per heavy atom. The minimum absolute atomic E-state index is 0.0607. The van der Waals surface area contributed by atoms with E-state index in [1.54, 1.807) is 0 Å². The average Bonchev–Trinajstić information content (AvgIpc) is 2.62. The largest absolute Gasteiger partial charge is 0.480 e. The maximum atomic E-state index is 13.1. The van der Waals surface area contributed by atoms with Crippen molar-refractivity contribution in [3.05, 3.63) is 59.2 Å². The first-order valence-electron chi connectivity index (χ1n) is 8.74. The average molecular weight is 323 g/mol. The highest BCUT2D eigenvalue weighted by Gasteiger charge is 2.29. The summed E-state index contributed by atoms with van der Waals surface area (Å²) in [6.07, 6.45) is 2.25. The molecule has 0 saturated carbocycles. The van der Waals surface area contributed by atoms with E-state index in [2.05, 4.69) is 19.1 Å². The van der Waals surface area contributed by atoms with Crippen LogP contribution in [-0.2, 0) is 11.2 Å². The third kappa shape index (κ3) is 3.16. The third-order valence-corrected chi connectivity index (χ3v) is 4.85. The summed E-state index contributed by atoms with van der Waals surface area (Å²) in [5, 5.41) is 0. The zero-order valence-electron chi connectivity index (χ0n) is 14.7. The Hall–Kier alpha value is -2.29. The maximum Gasteiger partial charge on any atom is 0.268 e. The second-order valence-corrected chi connectivity index (χ2v) is 6.43. The Kier molecular flexibility index (Phi) is 4.89. The molecule has 0 N–H and O–H groups in total. The first kappa shape index (κ1) is 16.6. The van der Waals surface area contributed by atoms with Gasteiger partial charge in [0.25, 0.3) is 5.91 Å². The van der Waals surface area contributed by atoms with Gasteiger partial charge in [-0.1, -0.05) is 37.3 Å². The van der Waals surface area contributed by atoms with Crippen molar-refractivity contribution < 1.29 is 9.53 Å². The zero-order chi connectivity index (χ0) is 17.1. The highest BCUT2D eigenvalue weighted by molar-refractivity contribution is 5.97. The molecule has 1 aliphatic heterocycles. The van der Waals surface area contributed by atoms with Crippen LogP contribution in [0.15, 0.2) is 42.5 Å². The minimum atomic E-state index is -0.448. The molecule has 1 heterocycles. The summed E-state index contributed by atoms with van der Waals surface area (Å²) in [4.78, 5) is 15.0. The fraction of sp³-hybridized carbons (Fsp3) is 0.381. The predicted molar refractivity (Wildman–Crippen MR) is 97.7 cm³/mol. The van der Waals surface area contributed by atoms with Gasteiger partial charge in [0.1, 0.15) is 5.75 Å². The molecule has 0 aliphatic carbocycles. The van der Waals surface area contributed by atoms with Gasteiger partial charge in [-0.05, 0) is 61.9 Å². The lowest BCUT2D eigenvalue weighted by Gasteiger charge is -2.32. The van der Waals surface area contributed by atoms with Crippen LogP contribution in [0, 0.1) is 13.8 Å². The molecule has 0 bridgehead atoms. The number of amides is 1. The molecule has 24 heavy (non-hydrogen) atoms. The van der Waals surface area contributed by atoms with Crippen LogP contribution in [0.4, 0.5) is 5.69 Å². The van der Waals surface area contributed by atoms with Crippen LogP contribution in [0.3, 0.4) is 0 Å². The third-order valence-electron chi connectivity index (χ3n) is 4.85. The van der Waals surface area contributed by atoms with Gasteiger partial charge in [0.15, 0.2) is 6.10 Å². The maximum absolute atomic E-state index is 13.1. The van der Waals surface area contributed by atoms with Crippen LogP contribution in [0.1, 0.15) is 36.5 Å². The molecule has 0 fully saturated rings. The number of fused-ring (bicyclic) bond motifs is 1. The minimum Gasteiger partial charge on any atom is -0.480 e. The molecule has 3 nitrogen and oxygen atoms in total. The fourth-order valence-electron chi connectivity index (χ4n) is 3.25. The van der Waals surface area contributed by atoms with Crippen LogP contribution < -0.4 is 9.64 Å². The van der Waals surface area contributed by atoms with Crippen molar-refractivity contribution in [1.82, 2.24) is 0 Å². The number of aryl methyl sites for hydroxylation is 2. The van der Waals surface area contributed by atoms with E-state index in [9.17, 15) is 4.79 Å². The molecule has 2 aromatic rings. The van der Waals surface area contributed by atoms with Gasteiger partial charge < -0.3 is 9.64 Å². The Bertz CT molecular complexity index is 738. The lowest BCUT2D eigenvalue weighted by atomic mass is 10.0. The van der Waals surface area contributed by atoms with E-state index in [0.717, 1.165) is 36.4 Å². The second kappa shape index (κ2) is 7.08. The standard InChI is InChI=1S/C21H25NO2/c1-4-19(24-20-13-7-9-15(2)16(20)3)21(23)22-14-8-11-17-10-5-6-12-18(17)22/h5-7,9-10,12-13,19H,4,8,11,14H2,1-3H3. The van der Waals surface area contributed by atoms with Crippen molar-refractivity contribution in [3.63, 3.8) is 0 Å². The van der Waals surface area contributed by atoms with Crippen molar-refractivity contribution in [3.8, 4) is 5.75 Å². The summed E-state index contributed by atoms with van der Waals surface area (Å²) in [5.41, 5.74) is 4.57. The van der Waals surface area contributed by atoms with Crippen LogP contribution in [0.25, 0.3) is 0 Å². The molecular formula is C21H25NO2. The van der Waals surface area contributed by atoms with E-state index in [0.29, 0.717) is 6.42 Å². The molecule has 0 saturated heterocycles. The lowest BCUT2D eigenvalue weighted by molar-refractivity contribution is -0.125. The molecule has 0 spiro atoms. The zero-order valence-corrected chi connectivity index (χ0v) is 14.7. The van der Waals surface area contributed by atoms with Gasteiger partial charge in [-0.3, -0.25) is 4.79 Å². The molecular weight excluding hydrogens is 298 g/mol. The van der Waals surface area contributed by atoms with Gasteiger partial charge in [0.2, 0.25) is 0 Å². The normalized spacial score (nSPS) is 14.9. The highest BCUT2D eigenvalue weighted by Crippen LogP contribution is 2.29. The Morgan fingerprint density at radius 2 is 1.96 bits per heavy atom. The van der Waals surface area contributed by atoms with Crippen molar-refractivity contribution in [2.24, 2.45) is 0 Å². The van der Waals surface area contributed by atoms with Gasteiger partial charge in [-0.15, -0.1) is 0 Å². The molecule has 3 rings (SSSR count). The Morgan fingerprint density at radius 3 is 2.75 bits per heavy atom. The monoisotopic (exact) mass is 323 g/mol. The number of hydrogen-bond donors (Lipinski definition) is 0. The topological polar surface area (TPSA) is 29.5 Å². The molecule has 1 aliphatic rings. The summed E-state index contributed by atoms with van der Waals surface area (Å²) in [7, 11) is 0. The number of ether oxygens (including phenoxy) is 1. The number of carbonyl (C=O) groups excluding carboxylic acids is 1. The Labute approximate surface area is 144 Å². The van der Waals surface area contributed by atoms with Crippen LogP contribution in [0.5, 0.6) is 5.75 Å². The summed E-state index contributed by atoms with van der Waals surface area (Å²) in [6.45, 7) is 6.87. The van der Waals surface area contributed by atoms with Gasteiger partial charge in [0, 0.05) is 12.2 Å². The van der Waals surface area contributed by atoms with E-state index >= 15 is 0 Å². The summed E-state index contributed by atoms with van der Waals surface area (Å²) < 4.78 is 6.11. The van der Waals surface area contributed by atoms with E-state index in [1.165, 1.54) is 11.1 Å². The number of hydrogen-bond acceptors (Lipinski definition) is 2. The van der Waals surface area contributed by atoms with Gasteiger partial charge in [0.05, 0.1) is 0 Å². The molecule has 1 amide bonds. The summed E-state index contributed by atoms with van der Waals surface area (Å²) in [5.74, 6) is 0.867. The van der Waals surface area contributed by atoms with E-state index in [4.69, 9.17) is 4.74 Å². The van der Waals surface area contributed by atoms with Crippen molar-refractivity contribution >= 4 is 11.6 Å². The highest BCUT2D eigenvalue weighted by atomic mass is 16.5. The first-order chi connectivity index (χ1) is 11.6. The smallest absolute Gasteiger partial charge is 0.268 e. The molecule has 1 unspecified atom stereocenters. The van der Waals surface area contributed by atoms with Crippen molar-refractivity contribution in [2.75, 3.05) is 11.4 Å². The van der Waals surface area contributed by atoms with Crippen LogP contribution in [-0.4, -0.2) is 18.6 Å². The second-order valence-electron chi connectivity index (χ2n) is 6.43. The molecule has 3 heteroatoms. The van der Waals surface area contributed by atoms with Crippen molar-refractivity contribution in [1.29, 1.82) is 0 Å². The predicted octanol–water partition coefficient (Wildman–Crippen LogP) is 4.44. The molecule has 1 atom stereocenters. The number of para-hydroxylation sites is 1. The Balaban J connectivity index is 1.84. The summed E-state index contributed by atoms with van der Waals surface area (Å²) in [6, 6.07) is 14.2. The molecule has 2 aromatic carbocycles. The van der Waals surface area contributed by atoms with Gasteiger partial charge in [-0.25, -0.2) is 0 Å². The first-order valence-corrected chi connectivity index (χ1v) is 8.74. The van der Waals surface area contributed by atoms with E-state index in [1.807, 2.05) is 49.1 Å². The van der Waals surface area contributed by atoms with Gasteiger partial charge >= 0.3 is 0 Å². The molecule has 0 radical (unpaired) electrons. The number of benzene rings is 2. The van der Waals surface area contributed by atoms with E-state index in [-0.39, 0.29) is 5.91 Å². The fourth-order valence-corrected chi connectivity index (χ4v) is 3.25. The van der Waals surface area contributed by atoms with Crippen molar-refractivity contribution in [2.45, 2.75) is 46.1 Å². The lowest BCUT2D eigenvalue weighted by Crippen LogP contribution is -2.44. The number of nitrogens with zero attached hydrogens (tertiary/aromatic N) is 1. The number of carbonyl (C=O) groups is 1. The molecule has 126 valence electrons.